The Balaban J connectivity index is 1.60. The van der Waals surface area contributed by atoms with E-state index in [0.29, 0.717) is 72.5 Å². The minimum atomic E-state index is -2.08. The molecule has 13 amide bonds. The molecular formula is C93H138N16O19. The first kappa shape index (κ1) is 107. The number of amides is 13. The van der Waals surface area contributed by atoms with E-state index < -0.39 is 201 Å². The highest BCUT2D eigenvalue weighted by atomic mass is 16.3. The number of aliphatic hydroxyl groups excluding tert-OH is 1. The fraction of sp³-hybridized carbons (Fsp3) is 0.581. The summed E-state index contributed by atoms with van der Waals surface area (Å²) in [5, 5.41) is 57.8. The SMILES string of the molecule is CCCC[C@H](CNC(C)C(=O)C(=O)C(C)NC(=O)[C@]1(C)CCC/C=C/CCCCCC[C@@](C)(NC(=O)[C@H](Cc2ccccc2)NC(=O)[C@@H](NC(=O)[C@H](CC(C)C)NC(C)=O)[C@@H](C)O)C(=O)NC(C)C(=O)N[C@@H](Cc2ccc(O)cc2)C(=O)N[C@@](C)(Cc2c[nH]c3ccccc23)C(=O)N[C@@H](C)C(=O)C(=O)[C@H](CCC(N)=O)NC[C@@H](CC(C)C)C(=O)N1)C(=O)NC(C)C(N)=O. The highest BCUT2D eigenvalue weighted by Crippen LogP contribution is 2.27. The van der Waals surface area contributed by atoms with Crippen molar-refractivity contribution in [3.8, 4) is 5.75 Å². The van der Waals surface area contributed by atoms with Crippen LogP contribution in [0.1, 0.15) is 223 Å². The van der Waals surface area contributed by atoms with Crippen molar-refractivity contribution in [2.45, 2.75) is 309 Å². The number of unbranched alkanes of at least 4 members (excludes halogenated alkanes) is 1. The van der Waals surface area contributed by atoms with E-state index in [9.17, 15) is 67.7 Å². The van der Waals surface area contributed by atoms with E-state index in [4.69, 9.17) is 11.5 Å². The molecule has 5 rings (SSSR count). The average Bonchev–Trinajstić information content (AvgIpc) is 1.57. The standard InChI is InChI=1S/C93H138N16O19/c1-16-17-34-64(82(120)99-58(9)80(95)118)50-96-55(6)76(114)77(115)56(7)100-88(126)91(13)43-30-23-21-19-18-20-22-24-31-44-92(14,108-85(123)73(47-62-32-26-25-27-33-62)105-87(125)75(60(11)110)106-84(122)71(46-54(4)5)103-61(12)111)89(127)102-59(10)81(119)104-72(48-63-37-39-67(112)40-38-63)86(124)109-93(15,49-66-52-97-69-36-29-28-35-68(66)69)90(128)101-57(8)78(116)79(117)70(41-42-74(94)113)98-51-65(45-53(2)3)83(121)107-91/h19,21,25-29,32-33,35-40,52-60,64-65,70-73,75,96-98,110,112H,16-18,20,22-24,30-31,34,41-51H2,1-15H3,(H2,94,113)(H2,95,118)(H,99,120)(H,100,126)(H,101,128)(H,102,127)(H,103,111)(H,104,119)(H,105,125)(H,106,122)(H,107,121)(H,108,123)(H,109,124)/b21-19+/t55?,56?,57-,58?,59?,60+,64+,65+,70-,71-,72-,73-,75-,91-,92+,93-/m0/s1. The number of nitrogens with one attached hydrogen (secondary N) is 14. The number of aromatic hydroxyl groups is 1. The zero-order chi connectivity index (χ0) is 95.5. The van der Waals surface area contributed by atoms with Crippen molar-refractivity contribution in [2.24, 2.45) is 35.1 Å². The van der Waals surface area contributed by atoms with Crippen LogP contribution in [0.5, 0.6) is 5.75 Å². The number of primary amides is 2. The molecule has 0 aliphatic carbocycles. The van der Waals surface area contributed by atoms with Crippen LogP contribution < -0.4 is 80.6 Å². The molecule has 0 radical (unpaired) electrons. The van der Waals surface area contributed by atoms with Crippen LogP contribution in [0.2, 0.25) is 0 Å². The van der Waals surface area contributed by atoms with E-state index in [1.807, 2.05) is 46.8 Å². The molecule has 3 aromatic carbocycles. The van der Waals surface area contributed by atoms with Crippen molar-refractivity contribution in [1.82, 2.24) is 74.1 Å². The predicted molar refractivity (Wildman–Crippen MR) is 482 cm³/mol. The molecule has 0 saturated heterocycles. The topological polar surface area (TPSA) is 555 Å². The number of benzene rings is 3. The summed E-state index contributed by atoms with van der Waals surface area (Å²) in [6.07, 6.45) is 7.29. The number of carbonyl (C=O) groups excluding carboxylic acids is 17. The molecule has 0 spiro atoms. The van der Waals surface area contributed by atoms with Crippen LogP contribution in [0.15, 0.2) is 97.2 Å². The molecule has 128 heavy (non-hydrogen) atoms. The number of phenols is 1. The van der Waals surface area contributed by atoms with Gasteiger partial charge in [-0.15, -0.1) is 0 Å². The van der Waals surface area contributed by atoms with Crippen molar-refractivity contribution in [3.63, 3.8) is 0 Å². The molecular weight excluding hydrogens is 1650 g/mol. The number of fused-ring (bicyclic) bond motifs is 1. The van der Waals surface area contributed by atoms with E-state index in [-0.39, 0.29) is 94.9 Å². The molecule has 1 aliphatic rings. The van der Waals surface area contributed by atoms with Gasteiger partial charge in [-0.1, -0.05) is 140 Å². The van der Waals surface area contributed by atoms with E-state index >= 15 is 24.0 Å². The Hall–Kier alpha value is -11.6. The maximum atomic E-state index is 15.4. The maximum absolute atomic E-state index is 15.4. The number of aliphatic hydroxyl groups is 1. The minimum absolute atomic E-state index is 0.0474. The number of hydrogen-bond donors (Lipinski definition) is 18. The number of phenolic OH excluding ortho intramolecular Hbond substituents is 1. The van der Waals surface area contributed by atoms with Gasteiger partial charge < -0.3 is 95.8 Å². The number of ketones is 4. The van der Waals surface area contributed by atoms with Gasteiger partial charge in [0.2, 0.25) is 99.9 Å². The van der Waals surface area contributed by atoms with Crippen LogP contribution in [0.25, 0.3) is 10.9 Å². The number of nitrogens with two attached hydrogens (primary N) is 2. The first-order valence-electron chi connectivity index (χ1n) is 44.5. The van der Waals surface area contributed by atoms with Gasteiger partial charge in [0.05, 0.1) is 42.1 Å². The quantitative estimate of drug-likeness (QED) is 0.0232. The third-order valence-electron chi connectivity index (χ3n) is 22.9. The summed E-state index contributed by atoms with van der Waals surface area (Å²) in [7, 11) is 0. The first-order chi connectivity index (χ1) is 60.2. The smallest absolute Gasteiger partial charge is 0.246 e. The van der Waals surface area contributed by atoms with Gasteiger partial charge in [-0.2, -0.15) is 0 Å². The third kappa shape index (κ3) is 34.2. The summed E-state index contributed by atoms with van der Waals surface area (Å²) in [6.45, 7) is 22.3. The number of allylic oxidation sites excluding steroid dienone is 2. The van der Waals surface area contributed by atoms with Crippen LogP contribution in [-0.2, 0) is 101 Å². The second kappa shape index (κ2) is 51.4. The number of aromatic nitrogens is 1. The fourth-order valence-electron chi connectivity index (χ4n) is 15.0. The van der Waals surface area contributed by atoms with Crippen molar-refractivity contribution in [3.05, 3.63) is 114 Å². The van der Waals surface area contributed by atoms with Gasteiger partial charge >= 0.3 is 0 Å². The minimum Gasteiger partial charge on any atom is -0.508 e. The number of carbonyl (C=O) groups is 17. The van der Waals surface area contributed by atoms with Crippen LogP contribution >= 0.6 is 0 Å². The van der Waals surface area contributed by atoms with E-state index in [0.717, 1.165) is 6.42 Å². The van der Waals surface area contributed by atoms with Crippen molar-refractivity contribution in [2.75, 3.05) is 13.1 Å². The molecule has 20 N–H and O–H groups in total. The molecule has 0 saturated carbocycles. The summed E-state index contributed by atoms with van der Waals surface area (Å²) in [6, 6.07) is 7.09. The molecule has 704 valence electrons. The molecule has 35 heteroatoms. The number of rotatable bonds is 35. The monoisotopic (exact) mass is 1780 g/mol. The zero-order valence-electron chi connectivity index (χ0n) is 76.7. The van der Waals surface area contributed by atoms with Crippen LogP contribution in [0.4, 0.5) is 0 Å². The van der Waals surface area contributed by atoms with E-state index in [2.05, 4.69) is 74.1 Å². The second-order valence-electron chi connectivity index (χ2n) is 35.5. The molecule has 0 fully saturated rings. The Bertz CT molecular complexity index is 4530. The van der Waals surface area contributed by atoms with Gasteiger partial charge in [-0.3, -0.25) is 81.5 Å². The molecule has 4 unspecified atom stereocenters. The number of aromatic amines is 1. The lowest BCUT2D eigenvalue weighted by Crippen LogP contribution is -2.65. The highest BCUT2D eigenvalue weighted by Gasteiger charge is 2.45. The van der Waals surface area contributed by atoms with Gasteiger partial charge in [0.1, 0.15) is 58.6 Å². The molecule has 0 bridgehead atoms. The summed E-state index contributed by atoms with van der Waals surface area (Å²) < 4.78 is 0. The van der Waals surface area contributed by atoms with E-state index in [1.54, 1.807) is 60.8 Å². The van der Waals surface area contributed by atoms with Gasteiger partial charge in [-0.05, 0) is 173 Å². The molecule has 1 aromatic heterocycles. The van der Waals surface area contributed by atoms with Crippen LogP contribution in [0.3, 0.4) is 0 Å². The van der Waals surface area contributed by atoms with Crippen LogP contribution in [0, 0.1) is 23.7 Å². The third-order valence-corrected chi connectivity index (χ3v) is 22.9. The summed E-state index contributed by atoms with van der Waals surface area (Å²) in [5.74, 6) is -17.1. The Morgan fingerprint density at radius 1 is 0.594 bits per heavy atom. The first-order valence-corrected chi connectivity index (χ1v) is 44.5. The summed E-state index contributed by atoms with van der Waals surface area (Å²) >= 11 is 0. The molecule has 4 aromatic rings. The Kier molecular flexibility index (Phi) is 43.0. The molecule has 16 atom stereocenters. The summed E-state index contributed by atoms with van der Waals surface area (Å²) in [4.78, 5) is 245. The van der Waals surface area contributed by atoms with Gasteiger partial charge in [0.25, 0.3) is 0 Å². The summed E-state index contributed by atoms with van der Waals surface area (Å²) in [5.41, 5.74) is 7.31. The van der Waals surface area contributed by atoms with E-state index in [1.165, 1.54) is 93.5 Å². The lowest BCUT2D eigenvalue weighted by Gasteiger charge is -2.34. The predicted octanol–water partition coefficient (Wildman–Crippen LogP) is 3.44. The molecule has 35 nitrogen and oxygen atoms in total. The Morgan fingerprint density at radius 3 is 1.85 bits per heavy atom. The van der Waals surface area contributed by atoms with Gasteiger partial charge in [-0.25, -0.2) is 0 Å². The number of hydrogen-bond acceptors (Lipinski definition) is 21. The average molecular weight is 1780 g/mol. The maximum Gasteiger partial charge on any atom is 0.246 e. The number of H-pyrrole nitrogens is 1. The zero-order valence-corrected chi connectivity index (χ0v) is 76.7. The van der Waals surface area contributed by atoms with Crippen molar-refractivity contribution >= 4 is 111 Å². The largest absolute Gasteiger partial charge is 0.508 e. The number of Topliss-reactive ketones (excluding diaryl/α,β-unsaturated/α-hetero) is 4. The normalized spacial score (nSPS) is 23.0. The molecule has 1 aliphatic heterocycles. The van der Waals surface area contributed by atoms with Gasteiger partial charge in [0.15, 0.2) is 0 Å². The molecule has 2 heterocycles. The van der Waals surface area contributed by atoms with Crippen molar-refractivity contribution < 1.29 is 91.7 Å². The fourth-order valence-corrected chi connectivity index (χ4v) is 15.0. The van der Waals surface area contributed by atoms with Crippen molar-refractivity contribution in [1.29, 1.82) is 0 Å². The van der Waals surface area contributed by atoms with Crippen LogP contribution in [-0.4, -0.2) is 211 Å². The van der Waals surface area contributed by atoms with Gasteiger partial charge in [0, 0.05) is 62.8 Å². The lowest BCUT2D eigenvalue weighted by atomic mass is 9.89. The Labute approximate surface area is 750 Å². The number of para-hydroxylation sites is 1. The second-order valence-corrected chi connectivity index (χ2v) is 35.5. The lowest BCUT2D eigenvalue weighted by molar-refractivity contribution is -0.141. The Morgan fingerprint density at radius 2 is 1.23 bits per heavy atom. The highest BCUT2D eigenvalue weighted by molar-refractivity contribution is 6.41.